The van der Waals surface area contributed by atoms with Crippen molar-refractivity contribution in [2.45, 2.75) is 34.2 Å². The van der Waals surface area contributed by atoms with E-state index in [1.807, 2.05) is 13.0 Å². The smallest absolute Gasteiger partial charge is 0.126 e. The van der Waals surface area contributed by atoms with Crippen LogP contribution >= 0.6 is 8.58 Å². The number of aryl methyl sites for hydroxylation is 3. The van der Waals surface area contributed by atoms with Gasteiger partial charge in [0.1, 0.15) is 5.75 Å². The minimum Gasteiger partial charge on any atom is -0.507 e. The van der Waals surface area contributed by atoms with Gasteiger partial charge in [0.15, 0.2) is 0 Å². The minimum atomic E-state index is 0.446. The predicted molar refractivity (Wildman–Crippen MR) is 98.4 cm³/mol. The van der Waals surface area contributed by atoms with Crippen LogP contribution in [0.5, 0.6) is 5.75 Å². The second-order valence-corrected chi connectivity index (χ2v) is 7.33. The second-order valence-electron chi connectivity index (χ2n) is 6.04. The Balaban J connectivity index is 2.41. The summed E-state index contributed by atoms with van der Waals surface area (Å²) in [5.41, 5.74) is 4.84. The second kappa shape index (κ2) is 7.26. The average Bonchev–Trinajstić information content (AvgIpc) is 2.47. The SMILES string of the molecule is CCN(C)Cc1cccc(C)c1Pc1cc(C)cc(C)c1O. The zero-order valence-corrected chi connectivity index (χ0v) is 15.2. The summed E-state index contributed by atoms with van der Waals surface area (Å²) in [6, 6.07) is 10.6. The van der Waals surface area contributed by atoms with Crippen molar-refractivity contribution < 1.29 is 5.11 Å². The summed E-state index contributed by atoms with van der Waals surface area (Å²) in [7, 11) is 2.63. The van der Waals surface area contributed by atoms with Crippen molar-refractivity contribution in [2.24, 2.45) is 0 Å². The number of hydrogen-bond acceptors (Lipinski definition) is 2. The molecule has 22 heavy (non-hydrogen) atoms. The van der Waals surface area contributed by atoms with Crippen molar-refractivity contribution in [2.75, 3.05) is 13.6 Å². The average molecular weight is 315 g/mol. The Hall–Kier alpha value is -1.37. The van der Waals surface area contributed by atoms with Crippen LogP contribution in [0.1, 0.15) is 29.2 Å². The predicted octanol–water partition coefficient (Wildman–Crippen LogP) is 3.40. The fourth-order valence-electron chi connectivity index (χ4n) is 2.63. The number of benzene rings is 2. The maximum Gasteiger partial charge on any atom is 0.126 e. The molecule has 0 aliphatic heterocycles. The summed E-state index contributed by atoms with van der Waals surface area (Å²) >= 11 is 0. The molecule has 2 rings (SSSR count). The zero-order chi connectivity index (χ0) is 16.3. The van der Waals surface area contributed by atoms with Crippen LogP contribution < -0.4 is 10.6 Å². The molecule has 3 heteroatoms. The Bertz CT molecular complexity index is 667. The van der Waals surface area contributed by atoms with Gasteiger partial charge in [0.05, 0.1) is 0 Å². The zero-order valence-electron chi connectivity index (χ0n) is 14.2. The number of phenols is 1. The van der Waals surface area contributed by atoms with Gasteiger partial charge in [-0.3, -0.25) is 0 Å². The molecule has 0 fully saturated rings. The Morgan fingerprint density at radius 2 is 1.82 bits per heavy atom. The fourth-order valence-corrected chi connectivity index (χ4v) is 4.12. The summed E-state index contributed by atoms with van der Waals surface area (Å²) in [4.78, 5) is 2.31. The molecule has 2 aromatic rings. The lowest BCUT2D eigenvalue weighted by Crippen LogP contribution is -2.22. The molecule has 0 bridgehead atoms. The number of rotatable bonds is 5. The van der Waals surface area contributed by atoms with Crippen molar-refractivity contribution >= 4 is 19.2 Å². The molecule has 0 aliphatic carbocycles. The Morgan fingerprint density at radius 1 is 1.09 bits per heavy atom. The lowest BCUT2D eigenvalue weighted by Gasteiger charge is -2.19. The molecule has 1 N–H and O–H groups in total. The number of aromatic hydroxyl groups is 1. The Morgan fingerprint density at radius 3 is 2.50 bits per heavy atom. The highest BCUT2D eigenvalue weighted by Crippen LogP contribution is 2.26. The van der Waals surface area contributed by atoms with E-state index in [4.69, 9.17) is 0 Å². The van der Waals surface area contributed by atoms with Gasteiger partial charge < -0.3 is 10.0 Å². The van der Waals surface area contributed by atoms with Gasteiger partial charge in [-0.25, -0.2) is 0 Å². The van der Waals surface area contributed by atoms with Crippen molar-refractivity contribution in [1.29, 1.82) is 0 Å². The van der Waals surface area contributed by atoms with E-state index >= 15 is 0 Å². The molecule has 0 saturated carbocycles. The molecule has 1 atom stereocenters. The molecule has 1 unspecified atom stereocenters. The Kier molecular flexibility index (Phi) is 5.61. The standard InChI is InChI=1S/C19H26NOP/c1-6-20(5)12-16-9-7-8-14(3)19(16)22-17-11-13(2)10-15(4)18(17)21/h7-11,21-22H,6,12H2,1-5H3. The van der Waals surface area contributed by atoms with E-state index in [1.54, 1.807) is 0 Å². The van der Waals surface area contributed by atoms with E-state index in [-0.39, 0.29) is 0 Å². The summed E-state index contributed by atoms with van der Waals surface area (Å²) in [6.45, 7) is 10.4. The Labute approximate surface area is 136 Å². The number of nitrogens with zero attached hydrogens (tertiary/aromatic N) is 1. The molecule has 0 aromatic heterocycles. The first-order valence-corrected chi connectivity index (χ1v) is 8.76. The highest BCUT2D eigenvalue weighted by molar-refractivity contribution is 7.56. The van der Waals surface area contributed by atoms with Gasteiger partial charge in [-0.2, -0.15) is 0 Å². The van der Waals surface area contributed by atoms with Gasteiger partial charge in [0.25, 0.3) is 0 Å². The van der Waals surface area contributed by atoms with E-state index < -0.39 is 0 Å². The van der Waals surface area contributed by atoms with Crippen molar-refractivity contribution in [3.63, 3.8) is 0 Å². The number of hydrogen-bond donors (Lipinski definition) is 1. The van der Waals surface area contributed by atoms with Gasteiger partial charge in [0.2, 0.25) is 0 Å². The third-order valence-corrected chi connectivity index (χ3v) is 5.66. The number of phenolic OH excluding ortho intramolecular Hbond substituents is 1. The normalized spacial score (nSPS) is 11.7. The van der Waals surface area contributed by atoms with Crippen LogP contribution in [0.4, 0.5) is 0 Å². The van der Waals surface area contributed by atoms with E-state index in [2.05, 4.69) is 57.0 Å². The largest absolute Gasteiger partial charge is 0.507 e. The molecule has 2 nitrogen and oxygen atoms in total. The van der Waals surface area contributed by atoms with Crippen LogP contribution in [0.15, 0.2) is 30.3 Å². The third kappa shape index (κ3) is 3.88. The fraction of sp³-hybridized carbons (Fsp3) is 0.368. The van der Waals surface area contributed by atoms with Crippen LogP contribution in [-0.2, 0) is 6.54 Å². The van der Waals surface area contributed by atoms with E-state index in [1.165, 1.54) is 22.0 Å². The molecule has 2 aromatic carbocycles. The van der Waals surface area contributed by atoms with E-state index in [0.29, 0.717) is 14.3 Å². The van der Waals surface area contributed by atoms with Gasteiger partial charge in [-0.05, 0) is 68.0 Å². The molecule has 0 aliphatic rings. The maximum atomic E-state index is 10.4. The minimum absolute atomic E-state index is 0.446. The first-order chi connectivity index (χ1) is 10.4. The molecular weight excluding hydrogens is 289 g/mol. The topological polar surface area (TPSA) is 23.5 Å². The van der Waals surface area contributed by atoms with Crippen molar-refractivity contribution in [3.8, 4) is 5.75 Å². The van der Waals surface area contributed by atoms with Crippen LogP contribution in [0.2, 0.25) is 0 Å². The molecule has 0 heterocycles. The van der Waals surface area contributed by atoms with Crippen LogP contribution in [0.3, 0.4) is 0 Å². The maximum absolute atomic E-state index is 10.4. The van der Waals surface area contributed by atoms with Gasteiger partial charge in [-0.15, -0.1) is 0 Å². The molecule has 0 radical (unpaired) electrons. The first-order valence-electron chi connectivity index (χ1n) is 7.76. The van der Waals surface area contributed by atoms with Gasteiger partial charge >= 0.3 is 0 Å². The molecule has 0 amide bonds. The lowest BCUT2D eigenvalue weighted by molar-refractivity contribution is 0.346. The summed E-state index contributed by atoms with van der Waals surface area (Å²) in [5, 5.41) is 12.8. The van der Waals surface area contributed by atoms with Crippen molar-refractivity contribution in [3.05, 3.63) is 52.6 Å². The third-order valence-electron chi connectivity index (χ3n) is 4.04. The molecule has 0 spiro atoms. The molecule has 0 saturated heterocycles. The molecular formula is C19H26NOP. The summed E-state index contributed by atoms with van der Waals surface area (Å²) in [6.07, 6.45) is 0. The van der Waals surface area contributed by atoms with Gasteiger partial charge in [-0.1, -0.05) is 39.8 Å². The molecule has 118 valence electrons. The highest BCUT2D eigenvalue weighted by Gasteiger charge is 2.12. The van der Waals surface area contributed by atoms with Gasteiger partial charge in [0, 0.05) is 11.8 Å². The van der Waals surface area contributed by atoms with Crippen LogP contribution in [0, 0.1) is 20.8 Å². The van der Waals surface area contributed by atoms with Crippen LogP contribution in [-0.4, -0.2) is 23.6 Å². The first kappa shape index (κ1) is 17.0. The van der Waals surface area contributed by atoms with Crippen LogP contribution in [0.25, 0.3) is 0 Å². The van der Waals surface area contributed by atoms with E-state index in [0.717, 1.165) is 24.0 Å². The lowest BCUT2D eigenvalue weighted by atomic mass is 10.1. The highest BCUT2D eigenvalue weighted by atomic mass is 31.1. The summed E-state index contributed by atoms with van der Waals surface area (Å²) in [5.74, 6) is 0.446. The quantitative estimate of drug-likeness (QED) is 0.855. The van der Waals surface area contributed by atoms with Crippen molar-refractivity contribution in [1.82, 2.24) is 4.90 Å². The monoisotopic (exact) mass is 315 g/mol. The van der Waals surface area contributed by atoms with E-state index in [9.17, 15) is 5.11 Å². The summed E-state index contributed by atoms with van der Waals surface area (Å²) < 4.78 is 0.